The number of aliphatic imine (C=N–C) groups is 1. The highest BCUT2D eigenvalue weighted by molar-refractivity contribution is 8.15. The van der Waals surface area contributed by atoms with Crippen LogP contribution in [0.5, 0.6) is 5.75 Å². The molecule has 3 heterocycles. The molecule has 0 aromatic heterocycles. The molecule has 30 heavy (non-hydrogen) atoms. The normalized spacial score (nSPS) is 20.3. The molecule has 6 rings (SSSR count). The average Bonchev–Trinajstić information content (AvgIpc) is 3.03. The summed E-state index contributed by atoms with van der Waals surface area (Å²) in [5.74, 6) is 0.949. The maximum Gasteiger partial charge on any atom is 0.239 e. The lowest BCUT2D eigenvalue weighted by Crippen LogP contribution is -2.37. The summed E-state index contributed by atoms with van der Waals surface area (Å²) >= 11 is 1.45. The minimum Gasteiger partial charge on any atom is -0.492 e. The van der Waals surface area contributed by atoms with Gasteiger partial charge in [-0.25, -0.2) is 9.38 Å². The molecule has 3 aromatic rings. The van der Waals surface area contributed by atoms with Crippen LogP contribution in [-0.2, 0) is 4.79 Å². The first-order chi connectivity index (χ1) is 14.7. The number of amides is 1. The third-order valence-electron chi connectivity index (χ3n) is 5.84. The molecule has 148 valence electrons. The molecular weight excluding hydrogens is 399 g/mol. The first-order valence-corrected chi connectivity index (χ1v) is 10.9. The molecule has 1 amide bonds. The monoisotopic (exact) mass is 416 g/mol. The molecule has 0 bridgehead atoms. The SMILES string of the molecule is O=C1CSC2=NC3=C(CCOc4c3ccc3ccccc43)C(c3ccc(F)cc3)N12. The van der Waals surface area contributed by atoms with E-state index >= 15 is 0 Å². The first-order valence-electron chi connectivity index (χ1n) is 9.88. The highest BCUT2D eigenvalue weighted by Crippen LogP contribution is 2.48. The summed E-state index contributed by atoms with van der Waals surface area (Å²) in [6.07, 6.45) is 0.644. The van der Waals surface area contributed by atoms with E-state index in [0.717, 1.165) is 38.9 Å². The molecule has 6 heteroatoms. The summed E-state index contributed by atoms with van der Waals surface area (Å²) in [5, 5.41) is 2.87. The fourth-order valence-electron chi connectivity index (χ4n) is 4.50. The van der Waals surface area contributed by atoms with E-state index in [9.17, 15) is 9.18 Å². The van der Waals surface area contributed by atoms with Gasteiger partial charge >= 0.3 is 0 Å². The Morgan fingerprint density at radius 3 is 2.77 bits per heavy atom. The molecule has 3 aliphatic heterocycles. The maximum atomic E-state index is 13.6. The van der Waals surface area contributed by atoms with Gasteiger partial charge in [0.15, 0.2) is 5.17 Å². The number of nitrogens with zero attached hydrogens (tertiary/aromatic N) is 2. The van der Waals surface area contributed by atoms with Crippen molar-refractivity contribution in [3.63, 3.8) is 0 Å². The molecule has 0 spiro atoms. The molecule has 3 aromatic carbocycles. The van der Waals surface area contributed by atoms with E-state index in [1.54, 1.807) is 17.0 Å². The van der Waals surface area contributed by atoms with Crippen LogP contribution in [0.4, 0.5) is 4.39 Å². The Morgan fingerprint density at radius 1 is 1.07 bits per heavy atom. The molecule has 0 radical (unpaired) electrons. The first kappa shape index (κ1) is 17.7. The number of hydrogen-bond acceptors (Lipinski definition) is 4. The predicted octanol–water partition coefficient (Wildman–Crippen LogP) is 5.16. The Labute approximate surface area is 177 Å². The van der Waals surface area contributed by atoms with Crippen molar-refractivity contribution >= 4 is 39.3 Å². The van der Waals surface area contributed by atoms with Gasteiger partial charge in [0.2, 0.25) is 5.91 Å². The summed E-state index contributed by atoms with van der Waals surface area (Å²) in [7, 11) is 0. The fraction of sp³-hybridized carbons (Fsp3) is 0.167. The molecule has 1 saturated heterocycles. The van der Waals surface area contributed by atoms with Gasteiger partial charge in [-0.15, -0.1) is 0 Å². The van der Waals surface area contributed by atoms with Crippen LogP contribution in [-0.4, -0.2) is 28.3 Å². The van der Waals surface area contributed by atoms with Gasteiger partial charge in [-0.1, -0.05) is 54.2 Å². The molecule has 1 atom stereocenters. The molecular formula is C24H17FN2O2S. The summed E-state index contributed by atoms with van der Waals surface area (Å²) in [4.78, 5) is 19.4. The van der Waals surface area contributed by atoms with Gasteiger partial charge in [0, 0.05) is 17.4 Å². The summed E-state index contributed by atoms with van der Waals surface area (Å²) in [6.45, 7) is 0.498. The standard InChI is InChI=1S/C24H17FN2O2S/c25-16-8-5-15(6-9-16)22-18-11-12-29-23-17-4-2-1-3-14(17)7-10-19(23)21(18)26-24-27(22)20(28)13-30-24/h1-10,22H,11-13H2. The zero-order valence-electron chi connectivity index (χ0n) is 16.0. The number of amidine groups is 1. The number of hydrogen-bond donors (Lipinski definition) is 0. The zero-order chi connectivity index (χ0) is 20.2. The molecule has 1 fully saturated rings. The Hall–Kier alpha value is -3.12. The highest BCUT2D eigenvalue weighted by atomic mass is 32.2. The van der Waals surface area contributed by atoms with Crippen molar-refractivity contribution in [2.75, 3.05) is 12.4 Å². The van der Waals surface area contributed by atoms with Gasteiger partial charge < -0.3 is 4.74 Å². The van der Waals surface area contributed by atoms with E-state index < -0.39 is 0 Å². The van der Waals surface area contributed by atoms with Crippen LogP contribution >= 0.6 is 11.8 Å². The van der Waals surface area contributed by atoms with Crippen LogP contribution in [0.25, 0.3) is 16.5 Å². The van der Waals surface area contributed by atoms with E-state index in [1.807, 2.05) is 12.1 Å². The van der Waals surface area contributed by atoms with E-state index in [0.29, 0.717) is 23.9 Å². The fourth-order valence-corrected chi connectivity index (χ4v) is 5.39. The van der Waals surface area contributed by atoms with Crippen LogP contribution in [0.15, 0.2) is 71.2 Å². The van der Waals surface area contributed by atoms with Crippen LogP contribution in [0.3, 0.4) is 0 Å². The Kier molecular flexibility index (Phi) is 3.96. The number of ether oxygens (including phenoxy) is 1. The zero-order valence-corrected chi connectivity index (χ0v) is 16.8. The predicted molar refractivity (Wildman–Crippen MR) is 117 cm³/mol. The van der Waals surface area contributed by atoms with Crippen LogP contribution in [0.1, 0.15) is 23.6 Å². The lowest BCUT2D eigenvalue weighted by Gasteiger charge is -2.34. The third-order valence-corrected chi connectivity index (χ3v) is 6.78. The smallest absolute Gasteiger partial charge is 0.239 e. The second kappa shape index (κ2) is 6.71. The van der Waals surface area contributed by atoms with Crippen molar-refractivity contribution in [3.05, 3.63) is 83.2 Å². The van der Waals surface area contributed by atoms with E-state index in [2.05, 4.69) is 24.3 Å². The second-order valence-corrected chi connectivity index (χ2v) is 8.48. The van der Waals surface area contributed by atoms with Gasteiger partial charge in [-0.05, 0) is 34.7 Å². The quantitative estimate of drug-likeness (QED) is 0.550. The number of thioether (sulfide) groups is 1. The highest BCUT2D eigenvalue weighted by Gasteiger charge is 2.42. The number of halogens is 1. The molecule has 4 nitrogen and oxygen atoms in total. The van der Waals surface area contributed by atoms with Gasteiger partial charge in [0.05, 0.1) is 24.1 Å². The number of carbonyl (C=O) groups is 1. The van der Waals surface area contributed by atoms with Crippen molar-refractivity contribution in [2.24, 2.45) is 4.99 Å². The second-order valence-electron chi connectivity index (χ2n) is 7.54. The van der Waals surface area contributed by atoms with E-state index in [1.165, 1.54) is 23.9 Å². The van der Waals surface area contributed by atoms with Crippen LogP contribution < -0.4 is 4.74 Å². The number of fused-ring (bicyclic) bond motifs is 5. The van der Waals surface area contributed by atoms with Crippen molar-refractivity contribution in [1.82, 2.24) is 4.90 Å². The Morgan fingerprint density at radius 2 is 1.90 bits per heavy atom. The van der Waals surface area contributed by atoms with E-state index in [4.69, 9.17) is 9.73 Å². The van der Waals surface area contributed by atoms with E-state index in [-0.39, 0.29) is 17.8 Å². The molecule has 0 N–H and O–H groups in total. The lowest BCUT2D eigenvalue weighted by atomic mass is 9.90. The van der Waals surface area contributed by atoms with Gasteiger partial charge in [0.1, 0.15) is 11.6 Å². The summed E-state index contributed by atoms with van der Waals surface area (Å²) in [5.41, 5.74) is 3.74. The van der Waals surface area contributed by atoms with Crippen molar-refractivity contribution in [3.8, 4) is 5.75 Å². The number of carbonyl (C=O) groups excluding carboxylic acids is 1. The van der Waals surface area contributed by atoms with Crippen molar-refractivity contribution in [1.29, 1.82) is 0 Å². The van der Waals surface area contributed by atoms with Gasteiger partial charge in [-0.2, -0.15) is 0 Å². The Balaban J connectivity index is 1.61. The van der Waals surface area contributed by atoms with Crippen LogP contribution in [0, 0.1) is 5.82 Å². The van der Waals surface area contributed by atoms with Gasteiger partial charge in [-0.3, -0.25) is 9.69 Å². The molecule has 3 aliphatic rings. The number of benzene rings is 3. The largest absolute Gasteiger partial charge is 0.492 e. The number of rotatable bonds is 1. The van der Waals surface area contributed by atoms with Gasteiger partial charge in [0.25, 0.3) is 0 Å². The molecule has 0 saturated carbocycles. The topological polar surface area (TPSA) is 41.9 Å². The Bertz CT molecular complexity index is 1270. The van der Waals surface area contributed by atoms with Crippen LogP contribution in [0.2, 0.25) is 0 Å². The molecule has 0 aliphatic carbocycles. The minimum absolute atomic E-state index is 0.0310. The average molecular weight is 416 g/mol. The maximum absolute atomic E-state index is 13.6. The summed E-state index contributed by atoms with van der Waals surface area (Å²) in [6, 6.07) is 18.4. The van der Waals surface area contributed by atoms with Crippen molar-refractivity contribution in [2.45, 2.75) is 12.5 Å². The van der Waals surface area contributed by atoms with Crippen molar-refractivity contribution < 1.29 is 13.9 Å². The minimum atomic E-state index is -0.295. The molecule has 1 unspecified atom stereocenters. The lowest BCUT2D eigenvalue weighted by molar-refractivity contribution is -0.125. The third kappa shape index (κ3) is 2.60. The summed E-state index contributed by atoms with van der Waals surface area (Å²) < 4.78 is 19.8.